The van der Waals surface area contributed by atoms with Gasteiger partial charge in [-0.3, -0.25) is 0 Å². The summed E-state index contributed by atoms with van der Waals surface area (Å²) < 4.78 is 11.1. The third kappa shape index (κ3) is 1.45. The molecular formula is C14H17NO2. The third-order valence-electron chi connectivity index (χ3n) is 4.37. The third-order valence-corrected chi connectivity index (χ3v) is 4.37. The van der Waals surface area contributed by atoms with Gasteiger partial charge in [0, 0.05) is 11.6 Å². The Morgan fingerprint density at radius 3 is 3.18 bits per heavy atom. The average molecular weight is 231 g/mol. The van der Waals surface area contributed by atoms with Crippen LogP contribution in [0.1, 0.15) is 24.0 Å². The molecule has 1 aliphatic carbocycles. The molecule has 1 N–H and O–H groups in total. The summed E-state index contributed by atoms with van der Waals surface area (Å²) in [6, 6.07) is 4.95. The topological polar surface area (TPSA) is 30.5 Å². The van der Waals surface area contributed by atoms with Gasteiger partial charge in [0.25, 0.3) is 0 Å². The molecule has 90 valence electrons. The van der Waals surface area contributed by atoms with Crippen LogP contribution >= 0.6 is 0 Å². The maximum absolute atomic E-state index is 5.63. The highest BCUT2D eigenvalue weighted by atomic mass is 16.7. The molecule has 0 amide bonds. The molecule has 0 saturated carbocycles. The summed E-state index contributed by atoms with van der Waals surface area (Å²) in [5.41, 5.74) is 2.86. The lowest BCUT2D eigenvalue weighted by atomic mass is 9.76. The number of rotatable bonds is 0. The summed E-state index contributed by atoms with van der Waals surface area (Å²) in [6.45, 7) is 1.57. The summed E-state index contributed by atoms with van der Waals surface area (Å²) in [5, 5.41) is 3.66. The zero-order valence-corrected chi connectivity index (χ0v) is 9.87. The van der Waals surface area contributed by atoms with Crippen LogP contribution in [0.25, 0.3) is 0 Å². The summed E-state index contributed by atoms with van der Waals surface area (Å²) in [5.74, 6) is 2.74. The van der Waals surface area contributed by atoms with Gasteiger partial charge in [-0.1, -0.05) is 6.07 Å². The Hall–Kier alpha value is -1.22. The Morgan fingerprint density at radius 1 is 1.18 bits per heavy atom. The Balaban J connectivity index is 1.75. The van der Waals surface area contributed by atoms with Crippen LogP contribution < -0.4 is 14.8 Å². The highest BCUT2D eigenvalue weighted by molar-refractivity contribution is 5.53. The highest BCUT2D eigenvalue weighted by Crippen LogP contribution is 2.42. The van der Waals surface area contributed by atoms with Crippen LogP contribution in [0, 0.1) is 5.92 Å². The maximum Gasteiger partial charge on any atom is 0.231 e. The second-order valence-electron chi connectivity index (χ2n) is 5.31. The zero-order chi connectivity index (χ0) is 11.2. The quantitative estimate of drug-likeness (QED) is 0.739. The van der Waals surface area contributed by atoms with Gasteiger partial charge in [-0.2, -0.15) is 0 Å². The van der Waals surface area contributed by atoms with Gasteiger partial charge in [0.15, 0.2) is 11.5 Å². The maximum atomic E-state index is 5.63. The van der Waals surface area contributed by atoms with Crippen molar-refractivity contribution in [3.63, 3.8) is 0 Å². The van der Waals surface area contributed by atoms with E-state index in [0.29, 0.717) is 12.8 Å². The van der Waals surface area contributed by atoms with Gasteiger partial charge in [-0.25, -0.2) is 0 Å². The molecule has 2 aliphatic heterocycles. The summed E-state index contributed by atoms with van der Waals surface area (Å²) in [7, 11) is 0. The fraction of sp³-hybridized carbons (Fsp3) is 0.571. The van der Waals surface area contributed by atoms with Crippen molar-refractivity contribution in [3.8, 4) is 11.5 Å². The lowest BCUT2D eigenvalue weighted by molar-refractivity contribution is 0.172. The van der Waals surface area contributed by atoms with Crippen molar-refractivity contribution in [2.45, 2.75) is 31.7 Å². The Morgan fingerprint density at radius 2 is 2.18 bits per heavy atom. The Kier molecular flexibility index (Phi) is 2.09. The van der Waals surface area contributed by atoms with E-state index in [1.165, 1.54) is 30.5 Å². The average Bonchev–Trinajstić information content (AvgIpc) is 2.85. The van der Waals surface area contributed by atoms with Gasteiger partial charge >= 0.3 is 0 Å². The molecule has 3 aliphatic rings. The number of fused-ring (bicyclic) bond motifs is 4. The van der Waals surface area contributed by atoms with E-state index in [4.69, 9.17) is 9.47 Å². The van der Waals surface area contributed by atoms with Crippen LogP contribution in [-0.2, 0) is 12.8 Å². The molecule has 0 bridgehead atoms. The van der Waals surface area contributed by atoms with E-state index in [2.05, 4.69) is 17.4 Å². The number of hydrogen-bond acceptors (Lipinski definition) is 3. The SMILES string of the molecule is c1cc2c(c3c1CC1NCCC[C@@H]1C3)OCO2. The molecular weight excluding hydrogens is 214 g/mol. The van der Waals surface area contributed by atoms with Crippen molar-refractivity contribution in [2.24, 2.45) is 5.92 Å². The smallest absolute Gasteiger partial charge is 0.231 e. The normalized spacial score (nSPS) is 29.6. The van der Waals surface area contributed by atoms with E-state index < -0.39 is 0 Å². The molecule has 4 rings (SSSR count). The molecule has 3 nitrogen and oxygen atoms in total. The van der Waals surface area contributed by atoms with Crippen LogP contribution in [0.2, 0.25) is 0 Å². The first-order valence-electron chi connectivity index (χ1n) is 6.55. The number of nitrogens with one attached hydrogen (secondary N) is 1. The number of hydrogen-bond donors (Lipinski definition) is 1. The van der Waals surface area contributed by atoms with Crippen molar-refractivity contribution in [1.29, 1.82) is 0 Å². The number of ether oxygens (including phenoxy) is 2. The van der Waals surface area contributed by atoms with Gasteiger partial charge < -0.3 is 14.8 Å². The molecule has 0 radical (unpaired) electrons. The van der Waals surface area contributed by atoms with E-state index >= 15 is 0 Å². The van der Waals surface area contributed by atoms with E-state index in [9.17, 15) is 0 Å². The molecule has 2 atom stereocenters. The van der Waals surface area contributed by atoms with E-state index in [1.54, 1.807) is 0 Å². The van der Waals surface area contributed by atoms with Gasteiger partial charge in [0.1, 0.15) is 0 Å². The first-order valence-corrected chi connectivity index (χ1v) is 6.55. The van der Waals surface area contributed by atoms with Crippen molar-refractivity contribution in [3.05, 3.63) is 23.3 Å². The van der Waals surface area contributed by atoms with Crippen molar-refractivity contribution in [2.75, 3.05) is 13.3 Å². The van der Waals surface area contributed by atoms with Crippen molar-refractivity contribution in [1.82, 2.24) is 5.32 Å². The minimum atomic E-state index is 0.387. The van der Waals surface area contributed by atoms with Gasteiger partial charge in [-0.05, 0) is 49.8 Å². The van der Waals surface area contributed by atoms with Crippen LogP contribution in [0.15, 0.2) is 12.1 Å². The first-order chi connectivity index (χ1) is 8.42. The Labute approximate surface area is 101 Å². The van der Waals surface area contributed by atoms with E-state index in [0.717, 1.165) is 30.3 Å². The molecule has 1 saturated heterocycles. The minimum absolute atomic E-state index is 0.387. The standard InChI is InChI=1S/C14H17NO2/c1-2-10-6-11-9(7-12(10)15-5-1)3-4-13-14(11)17-8-16-13/h3-4,10,12,15H,1-2,5-8H2/t10-,12?/m1/s1. The van der Waals surface area contributed by atoms with Crippen LogP contribution in [0.5, 0.6) is 11.5 Å². The number of piperidine rings is 1. The molecule has 1 fully saturated rings. The van der Waals surface area contributed by atoms with E-state index in [1.807, 2.05) is 0 Å². The zero-order valence-electron chi connectivity index (χ0n) is 9.87. The van der Waals surface area contributed by atoms with Crippen LogP contribution in [-0.4, -0.2) is 19.4 Å². The molecule has 17 heavy (non-hydrogen) atoms. The fourth-order valence-electron chi connectivity index (χ4n) is 3.49. The molecule has 0 aromatic heterocycles. The predicted molar refractivity (Wildman–Crippen MR) is 64.5 cm³/mol. The van der Waals surface area contributed by atoms with Crippen LogP contribution in [0.3, 0.4) is 0 Å². The molecule has 0 spiro atoms. The second kappa shape index (κ2) is 3.64. The summed E-state index contributed by atoms with van der Waals surface area (Å²) >= 11 is 0. The molecule has 2 heterocycles. The van der Waals surface area contributed by atoms with Crippen molar-refractivity contribution >= 4 is 0 Å². The van der Waals surface area contributed by atoms with Crippen molar-refractivity contribution < 1.29 is 9.47 Å². The van der Waals surface area contributed by atoms with E-state index in [-0.39, 0.29) is 0 Å². The second-order valence-corrected chi connectivity index (χ2v) is 5.31. The lowest BCUT2D eigenvalue weighted by Crippen LogP contribution is -2.46. The molecule has 1 aromatic rings. The molecule has 1 unspecified atom stereocenters. The lowest BCUT2D eigenvalue weighted by Gasteiger charge is -2.37. The highest BCUT2D eigenvalue weighted by Gasteiger charge is 2.33. The van der Waals surface area contributed by atoms with Crippen LogP contribution in [0.4, 0.5) is 0 Å². The predicted octanol–water partition coefficient (Wildman–Crippen LogP) is 1.88. The largest absolute Gasteiger partial charge is 0.454 e. The van der Waals surface area contributed by atoms with Gasteiger partial charge in [0.2, 0.25) is 6.79 Å². The van der Waals surface area contributed by atoms with Gasteiger partial charge in [0.05, 0.1) is 0 Å². The minimum Gasteiger partial charge on any atom is -0.454 e. The fourth-order valence-corrected chi connectivity index (χ4v) is 3.49. The van der Waals surface area contributed by atoms with Gasteiger partial charge in [-0.15, -0.1) is 0 Å². The molecule has 1 aromatic carbocycles. The monoisotopic (exact) mass is 231 g/mol. The number of benzene rings is 1. The first kappa shape index (κ1) is 9.77. The Bertz CT molecular complexity index is 458. The molecule has 3 heteroatoms. The summed E-state index contributed by atoms with van der Waals surface area (Å²) in [6.07, 6.45) is 4.96. The summed E-state index contributed by atoms with van der Waals surface area (Å²) in [4.78, 5) is 0.